The molecule has 0 saturated carbocycles. The lowest BCUT2D eigenvalue weighted by atomic mass is 10.1. The van der Waals surface area contributed by atoms with E-state index in [0.717, 1.165) is 5.56 Å². The minimum atomic E-state index is -0.959. The Morgan fingerprint density at radius 2 is 2.23 bits per heavy atom. The van der Waals surface area contributed by atoms with Gasteiger partial charge in [-0.1, -0.05) is 6.07 Å². The van der Waals surface area contributed by atoms with Gasteiger partial charge in [-0.05, 0) is 18.6 Å². The predicted molar refractivity (Wildman–Crippen MR) is 48.8 cm³/mol. The smallest absolute Gasteiger partial charge is 0.122 e. The first-order chi connectivity index (χ1) is 6.16. The number of nitrogens with zero attached hydrogens (tertiary/aromatic N) is 1. The predicted octanol–water partition coefficient (Wildman–Crippen LogP) is -0.0455. The molecule has 0 aliphatic rings. The molecule has 1 heterocycles. The maximum absolute atomic E-state index is 9.54. The molecule has 72 valence electrons. The lowest BCUT2D eigenvalue weighted by molar-refractivity contribution is 0.0272. The number of hydrogen-bond acceptors (Lipinski definition) is 4. The van der Waals surface area contributed by atoms with Crippen molar-refractivity contribution in [3.05, 3.63) is 29.6 Å². The van der Waals surface area contributed by atoms with Crippen molar-refractivity contribution in [3.63, 3.8) is 0 Å². The average Bonchev–Trinajstić information content (AvgIpc) is 2.16. The SMILES string of the molecule is C[C@@H](O)[C@H](O)c1ncccc1CN. The fourth-order valence-electron chi connectivity index (χ4n) is 1.12. The molecule has 0 aliphatic carbocycles. The molecule has 0 aromatic carbocycles. The first-order valence-corrected chi connectivity index (χ1v) is 4.16. The van der Waals surface area contributed by atoms with Gasteiger partial charge in [0, 0.05) is 12.7 Å². The normalized spacial score (nSPS) is 15.4. The molecular weight excluding hydrogens is 168 g/mol. The van der Waals surface area contributed by atoms with Gasteiger partial charge in [0.1, 0.15) is 6.10 Å². The number of aromatic nitrogens is 1. The summed E-state index contributed by atoms with van der Waals surface area (Å²) < 4.78 is 0. The van der Waals surface area contributed by atoms with E-state index in [2.05, 4.69) is 4.98 Å². The molecule has 2 atom stereocenters. The van der Waals surface area contributed by atoms with Crippen molar-refractivity contribution in [3.8, 4) is 0 Å². The molecule has 0 radical (unpaired) electrons. The standard InChI is InChI=1S/C9H14N2O2/c1-6(12)9(13)8-7(5-10)3-2-4-11-8/h2-4,6,9,12-13H,5,10H2,1H3/t6-,9+/m1/s1. The minimum Gasteiger partial charge on any atom is -0.390 e. The maximum Gasteiger partial charge on any atom is 0.122 e. The van der Waals surface area contributed by atoms with Crippen LogP contribution in [0.4, 0.5) is 0 Å². The molecule has 4 heteroatoms. The monoisotopic (exact) mass is 182 g/mol. The zero-order chi connectivity index (χ0) is 9.84. The van der Waals surface area contributed by atoms with E-state index in [1.54, 1.807) is 18.3 Å². The quantitative estimate of drug-likeness (QED) is 0.612. The Bertz CT molecular complexity index is 276. The lowest BCUT2D eigenvalue weighted by Crippen LogP contribution is -2.18. The summed E-state index contributed by atoms with van der Waals surface area (Å²) in [5, 5.41) is 18.7. The highest BCUT2D eigenvalue weighted by molar-refractivity contribution is 5.22. The van der Waals surface area contributed by atoms with E-state index < -0.39 is 12.2 Å². The second kappa shape index (κ2) is 4.32. The summed E-state index contributed by atoms with van der Waals surface area (Å²) >= 11 is 0. The van der Waals surface area contributed by atoms with Crippen LogP contribution < -0.4 is 5.73 Å². The van der Waals surface area contributed by atoms with Crippen molar-refractivity contribution >= 4 is 0 Å². The Labute approximate surface area is 77.0 Å². The van der Waals surface area contributed by atoms with Crippen LogP contribution in [-0.2, 0) is 6.54 Å². The zero-order valence-corrected chi connectivity index (χ0v) is 7.51. The van der Waals surface area contributed by atoms with Crippen LogP contribution in [0.1, 0.15) is 24.3 Å². The molecule has 0 spiro atoms. The van der Waals surface area contributed by atoms with Crippen LogP contribution in [0.2, 0.25) is 0 Å². The third kappa shape index (κ3) is 2.24. The van der Waals surface area contributed by atoms with Gasteiger partial charge < -0.3 is 15.9 Å². The Balaban J connectivity index is 2.98. The number of aliphatic hydroxyl groups is 2. The van der Waals surface area contributed by atoms with E-state index in [0.29, 0.717) is 12.2 Å². The summed E-state index contributed by atoms with van der Waals surface area (Å²) in [5.41, 5.74) is 6.67. The van der Waals surface area contributed by atoms with Gasteiger partial charge in [-0.15, -0.1) is 0 Å². The number of nitrogens with two attached hydrogens (primary N) is 1. The summed E-state index contributed by atoms with van der Waals surface area (Å²) in [7, 11) is 0. The topological polar surface area (TPSA) is 79.4 Å². The van der Waals surface area contributed by atoms with Gasteiger partial charge in [0.05, 0.1) is 11.8 Å². The Morgan fingerprint density at radius 3 is 2.77 bits per heavy atom. The van der Waals surface area contributed by atoms with Crippen LogP contribution in [0, 0.1) is 0 Å². The number of pyridine rings is 1. The largest absolute Gasteiger partial charge is 0.390 e. The molecule has 1 aromatic heterocycles. The van der Waals surface area contributed by atoms with E-state index in [4.69, 9.17) is 10.8 Å². The molecule has 1 rings (SSSR count). The zero-order valence-electron chi connectivity index (χ0n) is 7.51. The van der Waals surface area contributed by atoms with Crippen LogP contribution >= 0.6 is 0 Å². The summed E-state index contributed by atoms with van der Waals surface area (Å²) in [6.45, 7) is 1.83. The van der Waals surface area contributed by atoms with Gasteiger partial charge in [0.15, 0.2) is 0 Å². The van der Waals surface area contributed by atoms with Crippen molar-refractivity contribution in [2.45, 2.75) is 25.7 Å². The van der Waals surface area contributed by atoms with Gasteiger partial charge in [0.25, 0.3) is 0 Å². The Hall–Kier alpha value is -0.970. The van der Waals surface area contributed by atoms with Crippen LogP contribution in [0.25, 0.3) is 0 Å². The van der Waals surface area contributed by atoms with E-state index in [-0.39, 0.29) is 0 Å². The average molecular weight is 182 g/mol. The van der Waals surface area contributed by atoms with E-state index >= 15 is 0 Å². The summed E-state index contributed by atoms with van der Waals surface area (Å²) in [6, 6.07) is 3.54. The number of rotatable bonds is 3. The van der Waals surface area contributed by atoms with E-state index in [1.165, 1.54) is 6.92 Å². The van der Waals surface area contributed by atoms with Crippen molar-refractivity contribution < 1.29 is 10.2 Å². The van der Waals surface area contributed by atoms with Gasteiger partial charge in [-0.25, -0.2) is 0 Å². The maximum atomic E-state index is 9.54. The second-order valence-electron chi connectivity index (χ2n) is 2.94. The van der Waals surface area contributed by atoms with Crippen LogP contribution in [-0.4, -0.2) is 21.3 Å². The first kappa shape index (κ1) is 10.1. The van der Waals surface area contributed by atoms with Gasteiger partial charge in [-0.2, -0.15) is 0 Å². The van der Waals surface area contributed by atoms with Crippen molar-refractivity contribution in [2.75, 3.05) is 0 Å². The number of aliphatic hydroxyl groups excluding tert-OH is 2. The molecule has 1 aromatic rings. The highest BCUT2D eigenvalue weighted by Gasteiger charge is 2.17. The van der Waals surface area contributed by atoms with Crippen LogP contribution in [0.5, 0.6) is 0 Å². The second-order valence-corrected chi connectivity index (χ2v) is 2.94. The minimum absolute atomic E-state index is 0.312. The highest BCUT2D eigenvalue weighted by Crippen LogP contribution is 2.17. The van der Waals surface area contributed by atoms with Crippen LogP contribution in [0.15, 0.2) is 18.3 Å². The van der Waals surface area contributed by atoms with Crippen molar-refractivity contribution in [2.24, 2.45) is 5.73 Å². The third-order valence-electron chi connectivity index (χ3n) is 1.88. The summed E-state index contributed by atoms with van der Waals surface area (Å²) in [4.78, 5) is 3.98. The molecule has 0 bridgehead atoms. The van der Waals surface area contributed by atoms with E-state index in [9.17, 15) is 5.11 Å². The Kier molecular flexibility index (Phi) is 3.36. The van der Waals surface area contributed by atoms with Crippen molar-refractivity contribution in [1.29, 1.82) is 0 Å². The molecule has 13 heavy (non-hydrogen) atoms. The van der Waals surface area contributed by atoms with Crippen molar-refractivity contribution in [1.82, 2.24) is 4.98 Å². The third-order valence-corrected chi connectivity index (χ3v) is 1.88. The fraction of sp³-hybridized carbons (Fsp3) is 0.444. The molecule has 4 nitrogen and oxygen atoms in total. The molecule has 0 unspecified atom stereocenters. The first-order valence-electron chi connectivity index (χ1n) is 4.16. The summed E-state index contributed by atoms with van der Waals surface area (Å²) in [5.74, 6) is 0. The molecule has 0 saturated heterocycles. The van der Waals surface area contributed by atoms with Gasteiger partial charge in [0.2, 0.25) is 0 Å². The van der Waals surface area contributed by atoms with Gasteiger partial charge >= 0.3 is 0 Å². The molecular formula is C9H14N2O2. The highest BCUT2D eigenvalue weighted by atomic mass is 16.3. The summed E-state index contributed by atoms with van der Waals surface area (Å²) in [6.07, 6.45) is -0.222. The molecule has 0 aliphatic heterocycles. The van der Waals surface area contributed by atoms with Crippen LogP contribution in [0.3, 0.4) is 0 Å². The fourth-order valence-corrected chi connectivity index (χ4v) is 1.12. The van der Waals surface area contributed by atoms with E-state index in [1.807, 2.05) is 0 Å². The lowest BCUT2D eigenvalue weighted by Gasteiger charge is -2.15. The molecule has 0 fully saturated rings. The molecule has 4 N–H and O–H groups in total. The Morgan fingerprint density at radius 1 is 1.54 bits per heavy atom. The van der Waals surface area contributed by atoms with Gasteiger partial charge in [-0.3, -0.25) is 4.98 Å². The molecule has 0 amide bonds. The number of hydrogen-bond donors (Lipinski definition) is 3.